The molecule has 0 amide bonds. The topological polar surface area (TPSA) is 29.5 Å². The van der Waals surface area contributed by atoms with Crippen molar-refractivity contribution in [3.05, 3.63) is 35.9 Å². The van der Waals surface area contributed by atoms with Gasteiger partial charge in [-0.3, -0.25) is 0 Å². The van der Waals surface area contributed by atoms with E-state index in [1.807, 2.05) is 30.3 Å². The summed E-state index contributed by atoms with van der Waals surface area (Å²) in [5.41, 5.74) is 0.872. The van der Waals surface area contributed by atoms with Gasteiger partial charge in [0, 0.05) is 5.88 Å². The Labute approximate surface area is 83.1 Å². The Hall–Kier alpha value is -0.570. The Morgan fingerprint density at radius 1 is 1.31 bits per heavy atom. The standard InChI is InChI=1S/C10H13ClO2/c11-6-7-13-8-10(12)9-4-2-1-3-5-9/h1-5,10,12H,6-8H2. The summed E-state index contributed by atoms with van der Waals surface area (Å²) in [4.78, 5) is 0. The van der Waals surface area contributed by atoms with Crippen LogP contribution in [0.3, 0.4) is 0 Å². The predicted octanol–water partition coefficient (Wildman–Crippen LogP) is 1.98. The Morgan fingerprint density at radius 3 is 2.62 bits per heavy atom. The summed E-state index contributed by atoms with van der Waals surface area (Å²) >= 11 is 5.42. The third kappa shape index (κ3) is 3.77. The fourth-order valence-corrected chi connectivity index (χ4v) is 1.13. The van der Waals surface area contributed by atoms with Crippen molar-refractivity contribution in [3.63, 3.8) is 0 Å². The Kier molecular flexibility index (Phi) is 4.83. The molecule has 1 atom stereocenters. The van der Waals surface area contributed by atoms with Gasteiger partial charge in [0.25, 0.3) is 0 Å². The maximum absolute atomic E-state index is 9.58. The van der Waals surface area contributed by atoms with E-state index >= 15 is 0 Å². The number of aliphatic hydroxyl groups is 1. The maximum atomic E-state index is 9.58. The first-order valence-electron chi connectivity index (χ1n) is 4.21. The van der Waals surface area contributed by atoms with Crippen LogP contribution in [-0.2, 0) is 4.74 Å². The lowest BCUT2D eigenvalue weighted by Gasteiger charge is -2.10. The van der Waals surface area contributed by atoms with Crippen molar-refractivity contribution in [1.82, 2.24) is 0 Å². The second-order valence-electron chi connectivity index (χ2n) is 2.69. The molecule has 0 aromatic heterocycles. The van der Waals surface area contributed by atoms with E-state index in [-0.39, 0.29) is 0 Å². The molecule has 0 saturated heterocycles. The van der Waals surface area contributed by atoms with E-state index in [9.17, 15) is 5.11 Å². The van der Waals surface area contributed by atoms with Crippen LogP contribution in [0.15, 0.2) is 30.3 Å². The summed E-state index contributed by atoms with van der Waals surface area (Å²) in [5.74, 6) is 0.460. The molecule has 1 aromatic rings. The highest BCUT2D eigenvalue weighted by molar-refractivity contribution is 6.17. The SMILES string of the molecule is OC(COCCCl)c1ccccc1. The van der Waals surface area contributed by atoms with E-state index in [1.165, 1.54) is 0 Å². The van der Waals surface area contributed by atoms with Crippen molar-refractivity contribution in [1.29, 1.82) is 0 Å². The molecule has 1 rings (SSSR count). The first-order valence-corrected chi connectivity index (χ1v) is 4.74. The molecule has 0 heterocycles. The average molecular weight is 201 g/mol. The zero-order valence-electron chi connectivity index (χ0n) is 7.32. The van der Waals surface area contributed by atoms with Gasteiger partial charge in [-0.05, 0) is 5.56 Å². The number of hydrogen-bond acceptors (Lipinski definition) is 2. The lowest BCUT2D eigenvalue weighted by Crippen LogP contribution is -2.08. The van der Waals surface area contributed by atoms with E-state index in [2.05, 4.69) is 0 Å². The van der Waals surface area contributed by atoms with Crippen molar-refractivity contribution < 1.29 is 9.84 Å². The third-order valence-corrected chi connectivity index (χ3v) is 1.84. The molecular weight excluding hydrogens is 188 g/mol. The fraction of sp³-hybridized carbons (Fsp3) is 0.400. The van der Waals surface area contributed by atoms with E-state index in [0.29, 0.717) is 19.1 Å². The van der Waals surface area contributed by atoms with Gasteiger partial charge in [-0.1, -0.05) is 30.3 Å². The summed E-state index contributed by atoms with van der Waals surface area (Å²) in [6, 6.07) is 9.43. The van der Waals surface area contributed by atoms with Crippen LogP contribution in [0.1, 0.15) is 11.7 Å². The molecule has 2 nitrogen and oxygen atoms in total. The number of rotatable bonds is 5. The van der Waals surface area contributed by atoms with Crippen LogP contribution < -0.4 is 0 Å². The van der Waals surface area contributed by atoms with Crippen LogP contribution >= 0.6 is 11.6 Å². The first kappa shape index (κ1) is 10.5. The Bertz CT molecular complexity index is 226. The summed E-state index contributed by atoms with van der Waals surface area (Å²) in [5, 5.41) is 9.58. The number of aliphatic hydroxyl groups excluding tert-OH is 1. The van der Waals surface area contributed by atoms with Crippen LogP contribution in [0.5, 0.6) is 0 Å². The number of benzene rings is 1. The van der Waals surface area contributed by atoms with E-state index in [1.54, 1.807) is 0 Å². The van der Waals surface area contributed by atoms with Crippen molar-refractivity contribution in [2.24, 2.45) is 0 Å². The molecule has 0 aliphatic carbocycles. The van der Waals surface area contributed by atoms with Gasteiger partial charge in [-0.15, -0.1) is 11.6 Å². The lowest BCUT2D eigenvalue weighted by atomic mass is 10.1. The second-order valence-corrected chi connectivity index (χ2v) is 3.07. The third-order valence-electron chi connectivity index (χ3n) is 1.68. The van der Waals surface area contributed by atoms with Crippen LogP contribution in [0.25, 0.3) is 0 Å². The minimum absolute atomic E-state index is 0.302. The van der Waals surface area contributed by atoms with Gasteiger partial charge in [0.2, 0.25) is 0 Å². The normalized spacial score (nSPS) is 12.8. The molecule has 0 aliphatic heterocycles. The molecule has 0 radical (unpaired) electrons. The number of hydrogen-bond donors (Lipinski definition) is 1. The minimum Gasteiger partial charge on any atom is -0.386 e. The smallest absolute Gasteiger partial charge is 0.102 e. The van der Waals surface area contributed by atoms with Crippen LogP contribution in [0.4, 0.5) is 0 Å². The second kappa shape index (κ2) is 5.97. The Morgan fingerprint density at radius 2 is 2.00 bits per heavy atom. The monoisotopic (exact) mass is 200 g/mol. The van der Waals surface area contributed by atoms with Gasteiger partial charge < -0.3 is 9.84 Å². The Balaban J connectivity index is 2.35. The van der Waals surface area contributed by atoms with Crippen LogP contribution in [0.2, 0.25) is 0 Å². The van der Waals surface area contributed by atoms with E-state index in [0.717, 1.165) is 5.56 Å². The van der Waals surface area contributed by atoms with Gasteiger partial charge in [0.15, 0.2) is 0 Å². The van der Waals surface area contributed by atoms with E-state index < -0.39 is 6.10 Å². The zero-order valence-corrected chi connectivity index (χ0v) is 8.07. The number of alkyl halides is 1. The average Bonchev–Trinajstić information content (AvgIpc) is 2.19. The highest BCUT2D eigenvalue weighted by Crippen LogP contribution is 2.11. The molecule has 0 aliphatic rings. The predicted molar refractivity (Wildman–Crippen MR) is 52.9 cm³/mol. The zero-order chi connectivity index (χ0) is 9.52. The summed E-state index contributed by atoms with van der Waals surface area (Å²) in [7, 11) is 0. The largest absolute Gasteiger partial charge is 0.386 e. The lowest BCUT2D eigenvalue weighted by molar-refractivity contribution is 0.0429. The molecule has 0 bridgehead atoms. The number of ether oxygens (including phenoxy) is 1. The summed E-state index contributed by atoms with van der Waals surface area (Å²) in [6.07, 6.45) is -0.551. The molecule has 3 heteroatoms. The molecule has 0 saturated carbocycles. The quantitative estimate of drug-likeness (QED) is 0.582. The van der Waals surface area contributed by atoms with Crippen molar-refractivity contribution in [3.8, 4) is 0 Å². The molecule has 1 aromatic carbocycles. The molecule has 72 valence electrons. The first-order chi connectivity index (χ1) is 6.34. The summed E-state index contributed by atoms with van der Waals surface area (Å²) in [6.45, 7) is 0.780. The van der Waals surface area contributed by atoms with Gasteiger partial charge in [-0.2, -0.15) is 0 Å². The highest BCUT2D eigenvalue weighted by atomic mass is 35.5. The van der Waals surface area contributed by atoms with Gasteiger partial charge >= 0.3 is 0 Å². The van der Waals surface area contributed by atoms with Gasteiger partial charge in [0.1, 0.15) is 6.10 Å². The molecule has 13 heavy (non-hydrogen) atoms. The minimum atomic E-state index is -0.551. The summed E-state index contributed by atoms with van der Waals surface area (Å²) < 4.78 is 5.12. The van der Waals surface area contributed by atoms with E-state index in [4.69, 9.17) is 16.3 Å². The van der Waals surface area contributed by atoms with Crippen molar-refractivity contribution >= 4 is 11.6 Å². The maximum Gasteiger partial charge on any atom is 0.102 e. The van der Waals surface area contributed by atoms with Gasteiger partial charge in [0.05, 0.1) is 13.2 Å². The number of halogens is 1. The molecule has 1 N–H and O–H groups in total. The van der Waals surface area contributed by atoms with Crippen molar-refractivity contribution in [2.45, 2.75) is 6.10 Å². The molecule has 0 spiro atoms. The highest BCUT2D eigenvalue weighted by Gasteiger charge is 2.05. The molecule has 1 unspecified atom stereocenters. The van der Waals surface area contributed by atoms with Crippen molar-refractivity contribution in [2.75, 3.05) is 19.1 Å². The van der Waals surface area contributed by atoms with Gasteiger partial charge in [-0.25, -0.2) is 0 Å². The van der Waals surface area contributed by atoms with Crippen LogP contribution in [0, 0.1) is 0 Å². The fourth-order valence-electron chi connectivity index (χ4n) is 1.02. The molecular formula is C10H13ClO2. The van der Waals surface area contributed by atoms with Crippen LogP contribution in [-0.4, -0.2) is 24.2 Å². The molecule has 0 fully saturated rings.